The summed E-state index contributed by atoms with van der Waals surface area (Å²) in [5, 5.41) is 13.1. The van der Waals surface area contributed by atoms with Gasteiger partial charge in [-0.1, -0.05) is 11.6 Å². The van der Waals surface area contributed by atoms with Crippen molar-refractivity contribution in [3.63, 3.8) is 0 Å². The van der Waals surface area contributed by atoms with E-state index < -0.39 is 0 Å². The predicted molar refractivity (Wildman–Crippen MR) is 105 cm³/mol. The zero-order valence-corrected chi connectivity index (χ0v) is 16.2. The molecule has 1 fully saturated rings. The van der Waals surface area contributed by atoms with Crippen LogP contribution in [-0.4, -0.2) is 19.7 Å². The van der Waals surface area contributed by atoms with E-state index in [0.29, 0.717) is 18.2 Å². The zero-order chi connectivity index (χ0) is 19.1. The minimum absolute atomic E-state index is 0.178. The average molecular weight is 398 g/mol. The Labute approximate surface area is 168 Å². The molecule has 1 saturated carbocycles. The summed E-state index contributed by atoms with van der Waals surface area (Å²) in [6, 6.07) is 9.12. The molecule has 0 unspecified atom stereocenters. The second-order valence-electron chi connectivity index (χ2n) is 7.61. The van der Waals surface area contributed by atoms with E-state index in [2.05, 4.69) is 31.1 Å². The smallest absolute Gasteiger partial charge is 0.151 e. The molecule has 0 atom stereocenters. The lowest BCUT2D eigenvalue weighted by atomic mass is 9.79. The second kappa shape index (κ2) is 7.26. The van der Waals surface area contributed by atoms with Gasteiger partial charge in [0.15, 0.2) is 5.82 Å². The van der Waals surface area contributed by atoms with Gasteiger partial charge < -0.3 is 5.32 Å². The normalized spacial score (nSPS) is 21.6. The number of halogens is 2. The molecule has 7 heteroatoms. The summed E-state index contributed by atoms with van der Waals surface area (Å²) in [6.45, 7) is 1.43. The van der Waals surface area contributed by atoms with Gasteiger partial charge >= 0.3 is 0 Å². The van der Waals surface area contributed by atoms with E-state index in [1.165, 1.54) is 6.07 Å². The van der Waals surface area contributed by atoms with Crippen LogP contribution in [0, 0.1) is 5.82 Å². The molecule has 0 bridgehead atoms. The topological polar surface area (TPSA) is 55.6 Å². The Morgan fingerprint density at radius 3 is 2.68 bits per heavy atom. The lowest BCUT2D eigenvalue weighted by Gasteiger charge is -2.28. The molecule has 0 radical (unpaired) electrons. The van der Waals surface area contributed by atoms with E-state index in [-0.39, 0.29) is 11.7 Å². The van der Waals surface area contributed by atoms with Crippen molar-refractivity contribution in [1.82, 2.24) is 25.1 Å². The molecule has 1 aliphatic heterocycles. The van der Waals surface area contributed by atoms with Crippen molar-refractivity contribution >= 4 is 11.6 Å². The number of benzene rings is 1. The Morgan fingerprint density at radius 2 is 1.86 bits per heavy atom. The van der Waals surface area contributed by atoms with E-state index in [4.69, 9.17) is 11.6 Å². The highest BCUT2D eigenvalue weighted by Gasteiger charge is 2.31. The van der Waals surface area contributed by atoms with Crippen molar-refractivity contribution in [3.8, 4) is 5.69 Å². The molecule has 28 heavy (non-hydrogen) atoms. The van der Waals surface area contributed by atoms with Crippen molar-refractivity contribution in [2.45, 2.75) is 50.6 Å². The third kappa shape index (κ3) is 3.10. The maximum absolute atomic E-state index is 14.1. The van der Waals surface area contributed by atoms with Gasteiger partial charge in [0.05, 0.1) is 17.9 Å². The fourth-order valence-electron chi connectivity index (χ4n) is 4.52. The van der Waals surface area contributed by atoms with Crippen molar-refractivity contribution in [2.24, 2.45) is 0 Å². The number of pyridine rings is 1. The molecule has 1 N–H and O–H groups in total. The van der Waals surface area contributed by atoms with Crippen molar-refractivity contribution in [3.05, 3.63) is 70.3 Å². The van der Waals surface area contributed by atoms with Gasteiger partial charge in [-0.05, 0) is 61.6 Å². The molecule has 5 nitrogen and oxygen atoms in total. The van der Waals surface area contributed by atoms with Gasteiger partial charge in [0, 0.05) is 29.6 Å². The zero-order valence-electron chi connectivity index (χ0n) is 15.4. The Bertz CT molecular complexity index is 1010. The molecule has 2 aromatic heterocycles. The van der Waals surface area contributed by atoms with Crippen molar-refractivity contribution in [2.75, 3.05) is 0 Å². The standard InChI is InChI=1S/C21H21ClFN5/c22-16-7-8-18-15(10-16)11-24-12-19-26-27-21(28(18)19)14-5-3-13(4-6-14)20-17(23)2-1-9-25-20/h1-2,7-10,13-14,24H,3-6,11-12H2/t13-,14+. The van der Waals surface area contributed by atoms with Crippen molar-refractivity contribution in [1.29, 1.82) is 0 Å². The SMILES string of the molecule is Fc1cccnc1[C@H]1CC[C@@H](c2nnc3n2-c2ccc(Cl)cc2CNC3)CC1. The Hall–Kier alpha value is -2.31. The highest BCUT2D eigenvalue weighted by Crippen LogP contribution is 2.41. The first-order valence-corrected chi connectivity index (χ1v) is 10.1. The van der Waals surface area contributed by atoms with E-state index in [1.807, 2.05) is 12.1 Å². The van der Waals surface area contributed by atoms with Gasteiger partial charge in [-0.3, -0.25) is 9.55 Å². The highest BCUT2D eigenvalue weighted by molar-refractivity contribution is 6.30. The molecular formula is C21H21ClFN5. The van der Waals surface area contributed by atoms with Crippen LogP contribution in [-0.2, 0) is 13.1 Å². The summed E-state index contributed by atoms with van der Waals surface area (Å²) in [5.41, 5.74) is 2.85. The maximum Gasteiger partial charge on any atom is 0.151 e. The Balaban J connectivity index is 1.43. The minimum Gasteiger partial charge on any atom is -0.306 e. The molecule has 1 aliphatic carbocycles. The first-order chi connectivity index (χ1) is 13.7. The Kier molecular flexibility index (Phi) is 4.61. The van der Waals surface area contributed by atoms with Crippen LogP contribution >= 0.6 is 11.6 Å². The van der Waals surface area contributed by atoms with Gasteiger partial charge in [0.2, 0.25) is 0 Å². The Morgan fingerprint density at radius 1 is 1.04 bits per heavy atom. The van der Waals surface area contributed by atoms with Gasteiger partial charge in [-0.2, -0.15) is 0 Å². The van der Waals surface area contributed by atoms with Gasteiger partial charge in [-0.25, -0.2) is 4.39 Å². The molecule has 3 aromatic rings. The van der Waals surface area contributed by atoms with Gasteiger partial charge in [-0.15, -0.1) is 10.2 Å². The average Bonchev–Trinajstić information content (AvgIpc) is 3.04. The maximum atomic E-state index is 14.1. The molecular weight excluding hydrogens is 377 g/mol. The highest BCUT2D eigenvalue weighted by atomic mass is 35.5. The van der Waals surface area contributed by atoms with Crippen LogP contribution < -0.4 is 5.32 Å². The minimum atomic E-state index is -0.195. The van der Waals surface area contributed by atoms with E-state index >= 15 is 0 Å². The molecule has 2 aliphatic rings. The lowest BCUT2D eigenvalue weighted by Crippen LogP contribution is -2.18. The van der Waals surface area contributed by atoms with Crippen LogP contribution in [0.15, 0.2) is 36.5 Å². The first-order valence-electron chi connectivity index (χ1n) is 9.75. The second-order valence-corrected chi connectivity index (χ2v) is 8.04. The number of fused-ring (bicyclic) bond motifs is 3. The number of hydrogen-bond acceptors (Lipinski definition) is 4. The first kappa shape index (κ1) is 17.8. The largest absolute Gasteiger partial charge is 0.306 e. The summed E-state index contributed by atoms with van der Waals surface area (Å²) in [6.07, 6.45) is 5.40. The van der Waals surface area contributed by atoms with Crippen molar-refractivity contribution < 1.29 is 4.39 Å². The summed E-state index contributed by atoms with van der Waals surface area (Å²) < 4.78 is 16.3. The summed E-state index contributed by atoms with van der Waals surface area (Å²) >= 11 is 6.20. The molecule has 144 valence electrons. The van der Waals surface area contributed by atoms with Crippen LogP contribution in [0.25, 0.3) is 5.69 Å². The van der Waals surface area contributed by atoms with Crippen LogP contribution in [0.2, 0.25) is 5.02 Å². The van der Waals surface area contributed by atoms with Crippen LogP contribution in [0.1, 0.15) is 60.4 Å². The molecule has 0 spiro atoms. The summed E-state index contributed by atoms with van der Waals surface area (Å²) in [5.74, 6) is 2.22. The monoisotopic (exact) mass is 397 g/mol. The number of nitrogens with zero attached hydrogens (tertiary/aromatic N) is 4. The van der Waals surface area contributed by atoms with Gasteiger partial charge in [0.25, 0.3) is 0 Å². The lowest BCUT2D eigenvalue weighted by molar-refractivity contribution is 0.368. The third-order valence-electron chi connectivity index (χ3n) is 5.90. The molecule has 5 rings (SSSR count). The summed E-state index contributed by atoms with van der Waals surface area (Å²) in [4.78, 5) is 4.28. The van der Waals surface area contributed by atoms with Crippen LogP contribution in [0.4, 0.5) is 4.39 Å². The fourth-order valence-corrected chi connectivity index (χ4v) is 4.71. The van der Waals surface area contributed by atoms with E-state index in [0.717, 1.165) is 60.2 Å². The fraction of sp³-hybridized carbons (Fsp3) is 0.381. The molecule has 0 saturated heterocycles. The van der Waals surface area contributed by atoms with E-state index in [1.54, 1.807) is 12.3 Å². The van der Waals surface area contributed by atoms with Crippen LogP contribution in [0.5, 0.6) is 0 Å². The number of aromatic nitrogens is 4. The quantitative estimate of drug-likeness (QED) is 0.691. The number of nitrogens with one attached hydrogen (secondary N) is 1. The molecule has 1 aromatic carbocycles. The third-order valence-corrected chi connectivity index (χ3v) is 6.14. The number of hydrogen-bond donors (Lipinski definition) is 1. The van der Waals surface area contributed by atoms with Crippen LogP contribution in [0.3, 0.4) is 0 Å². The summed E-state index contributed by atoms with van der Waals surface area (Å²) in [7, 11) is 0. The molecule has 0 amide bonds. The number of rotatable bonds is 2. The van der Waals surface area contributed by atoms with E-state index in [9.17, 15) is 4.39 Å². The molecule has 3 heterocycles. The predicted octanol–water partition coefficient (Wildman–Crippen LogP) is 4.50. The van der Waals surface area contributed by atoms with Gasteiger partial charge in [0.1, 0.15) is 11.6 Å².